The highest BCUT2D eigenvalue weighted by atomic mass is 35.5. The Morgan fingerprint density at radius 1 is 1.03 bits per heavy atom. The summed E-state index contributed by atoms with van der Waals surface area (Å²) in [7, 11) is 0. The maximum atomic E-state index is 12.6. The number of pyridine rings is 1. The lowest BCUT2D eigenvalue weighted by atomic mass is 10.2. The normalized spacial score (nSPS) is 10.8. The van der Waals surface area contributed by atoms with Gasteiger partial charge >= 0.3 is 5.97 Å². The van der Waals surface area contributed by atoms with E-state index >= 15 is 0 Å². The van der Waals surface area contributed by atoms with Crippen LogP contribution in [0.15, 0.2) is 77.7 Å². The van der Waals surface area contributed by atoms with E-state index in [4.69, 9.17) is 16.3 Å². The molecule has 6 nitrogen and oxygen atoms in total. The average Bonchev–Trinajstić information content (AvgIpc) is 3.13. The molecule has 2 heterocycles. The molecule has 0 aliphatic heterocycles. The van der Waals surface area contributed by atoms with Crippen LogP contribution < -0.4 is 5.56 Å². The minimum Gasteiger partial charge on any atom is -0.457 e. The fourth-order valence-corrected chi connectivity index (χ4v) is 3.64. The Hall–Kier alpha value is -3.64. The second-order valence-electron chi connectivity index (χ2n) is 7.56. The van der Waals surface area contributed by atoms with E-state index in [9.17, 15) is 9.59 Å². The molecule has 0 aliphatic rings. The average molecular weight is 448 g/mol. The van der Waals surface area contributed by atoms with Crippen LogP contribution in [0.1, 0.15) is 32.9 Å². The highest BCUT2D eigenvalue weighted by Crippen LogP contribution is 2.16. The van der Waals surface area contributed by atoms with E-state index in [2.05, 4.69) is 5.10 Å². The topological polar surface area (TPSA) is 66.1 Å². The number of esters is 1. The molecule has 0 radical (unpaired) electrons. The monoisotopic (exact) mass is 447 g/mol. The number of nitrogens with zero attached hydrogens (tertiary/aromatic N) is 3. The molecule has 0 bridgehead atoms. The quantitative estimate of drug-likeness (QED) is 0.401. The van der Waals surface area contributed by atoms with Crippen molar-refractivity contribution in [2.45, 2.75) is 27.0 Å². The van der Waals surface area contributed by atoms with E-state index in [1.807, 2.05) is 67.1 Å². The molecule has 0 saturated carbocycles. The van der Waals surface area contributed by atoms with E-state index in [1.54, 1.807) is 6.07 Å². The molecular weight excluding hydrogens is 426 g/mol. The van der Waals surface area contributed by atoms with Crippen LogP contribution in [0.4, 0.5) is 0 Å². The van der Waals surface area contributed by atoms with Crippen LogP contribution in [0.3, 0.4) is 0 Å². The Balaban J connectivity index is 1.43. The van der Waals surface area contributed by atoms with Crippen molar-refractivity contribution in [2.24, 2.45) is 0 Å². The molecule has 0 fully saturated rings. The number of hydrogen-bond acceptors (Lipinski definition) is 4. The van der Waals surface area contributed by atoms with Gasteiger partial charge in [-0.25, -0.2) is 9.48 Å². The molecule has 0 amide bonds. The van der Waals surface area contributed by atoms with Gasteiger partial charge in [0, 0.05) is 23.0 Å². The van der Waals surface area contributed by atoms with Gasteiger partial charge in [0.15, 0.2) is 0 Å². The zero-order valence-corrected chi connectivity index (χ0v) is 18.5. The minimum absolute atomic E-state index is 0.125. The summed E-state index contributed by atoms with van der Waals surface area (Å²) in [5.41, 5.74) is 4.68. The van der Waals surface area contributed by atoms with Gasteiger partial charge in [-0.1, -0.05) is 41.9 Å². The lowest BCUT2D eigenvalue weighted by Crippen LogP contribution is -2.21. The van der Waals surface area contributed by atoms with Crippen LogP contribution in [0, 0.1) is 13.8 Å². The number of carbonyl (C=O) groups excluding carboxylic acids is 1. The largest absolute Gasteiger partial charge is 0.457 e. The van der Waals surface area contributed by atoms with Gasteiger partial charge in [0.05, 0.1) is 23.5 Å². The van der Waals surface area contributed by atoms with Gasteiger partial charge in [-0.05, 0) is 55.3 Å². The van der Waals surface area contributed by atoms with Gasteiger partial charge in [-0.2, -0.15) is 5.10 Å². The van der Waals surface area contributed by atoms with Crippen molar-refractivity contribution in [3.63, 3.8) is 0 Å². The van der Waals surface area contributed by atoms with Gasteiger partial charge in [0.1, 0.15) is 6.61 Å². The summed E-state index contributed by atoms with van der Waals surface area (Å²) >= 11 is 6.19. The minimum atomic E-state index is -0.500. The predicted molar refractivity (Wildman–Crippen MR) is 123 cm³/mol. The molecule has 0 N–H and O–H groups in total. The summed E-state index contributed by atoms with van der Waals surface area (Å²) in [4.78, 5) is 24.8. The van der Waals surface area contributed by atoms with Crippen molar-refractivity contribution >= 4 is 17.6 Å². The van der Waals surface area contributed by atoms with E-state index < -0.39 is 5.97 Å². The predicted octanol–water partition coefficient (Wildman–Crippen LogP) is 4.71. The molecule has 4 rings (SSSR count). The Bertz CT molecular complexity index is 1320. The summed E-state index contributed by atoms with van der Waals surface area (Å²) < 4.78 is 8.77. The van der Waals surface area contributed by atoms with Crippen LogP contribution in [0.2, 0.25) is 5.02 Å². The van der Waals surface area contributed by atoms with E-state index in [0.717, 1.165) is 28.2 Å². The zero-order valence-electron chi connectivity index (χ0n) is 17.8. The fourth-order valence-electron chi connectivity index (χ4n) is 3.44. The molecule has 162 valence electrons. The molecule has 0 atom stereocenters. The first-order valence-electron chi connectivity index (χ1n) is 10.1. The standard InChI is InChI=1S/C25H22ClN3O3/c1-17-13-18(2)29(27-17)22-10-7-19(8-11-22)16-32-25(31)21-9-12-24(30)28(15-21)14-20-5-3-4-6-23(20)26/h3-13,15H,14,16H2,1-2H3. The van der Waals surface area contributed by atoms with Crippen LogP contribution in [-0.2, 0) is 17.9 Å². The maximum Gasteiger partial charge on any atom is 0.339 e. The first-order valence-corrected chi connectivity index (χ1v) is 10.5. The Labute approximate surface area is 190 Å². The Morgan fingerprint density at radius 3 is 2.47 bits per heavy atom. The van der Waals surface area contributed by atoms with Crippen molar-refractivity contribution in [3.05, 3.63) is 116 Å². The van der Waals surface area contributed by atoms with Crippen LogP contribution >= 0.6 is 11.6 Å². The second kappa shape index (κ2) is 9.24. The Morgan fingerprint density at radius 2 is 1.78 bits per heavy atom. The number of ether oxygens (including phenoxy) is 1. The third-order valence-electron chi connectivity index (χ3n) is 5.08. The van der Waals surface area contributed by atoms with E-state index in [1.165, 1.54) is 22.9 Å². The number of halogens is 1. The highest BCUT2D eigenvalue weighted by Gasteiger charge is 2.11. The van der Waals surface area contributed by atoms with Gasteiger partial charge < -0.3 is 9.30 Å². The molecule has 0 saturated heterocycles. The highest BCUT2D eigenvalue weighted by molar-refractivity contribution is 6.31. The van der Waals surface area contributed by atoms with Crippen molar-refractivity contribution in [1.82, 2.24) is 14.3 Å². The number of benzene rings is 2. The first-order chi connectivity index (χ1) is 15.4. The number of hydrogen-bond donors (Lipinski definition) is 0. The Kier molecular flexibility index (Phi) is 6.23. The fraction of sp³-hybridized carbons (Fsp3) is 0.160. The third kappa shape index (κ3) is 4.81. The third-order valence-corrected chi connectivity index (χ3v) is 5.45. The molecule has 0 aliphatic carbocycles. The molecule has 2 aromatic heterocycles. The lowest BCUT2D eigenvalue weighted by Gasteiger charge is -2.10. The van der Waals surface area contributed by atoms with Gasteiger partial charge in [0.2, 0.25) is 0 Å². The molecule has 0 unspecified atom stereocenters. The summed E-state index contributed by atoms with van der Waals surface area (Å²) in [5, 5.41) is 5.04. The van der Waals surface area contributed by atoms with E-state index in [0.29, 0.717) is 10.6 Å². The summed E-state index contributed by atoms with van der Waals surface area (Å²) in [5.74, 6) is -0.500. The van der Waals surface area contributed by atoms with Crippen LogP contribution in [0.25, 0.3) is 5.69 Å². The summed E-state index contributed by atoms with van der Waals surface area (Å²) in [6.45, 7) is 4.35. The summed E-state index contributed by atoms with van der Waals surface area (Å²) in [6.07, 6.45) is 1.50. The van der Waals surface area contributed by atoms with Crippen LogP contribution in [-0.4, -0.2) is 20.3 Å². The maximum absolute atomic E-state index is 12.6. The second-order valence-corrected chi connectivity index (χ2v) is 7.96. The summed E-state index contributed by atoms with van der Waals surface area (Å²) in [6, 6.07) is 19.8. The molecule has 32 heavy (non-hydrogen) atoms. The van der Waals surface area contributed by atoms with Crippen molar-refractivity contribution < 1.29 is 9.53 Å². The number of aryl methyl sites for hydroxylation is 2. The van der Waals surface area contributed by atoms with Gasteiger partial charge in [0.25, 0.3) is 5.56 Å². The SMILES string of the molecule is Cc1cc(C)n(-c2ccc(COC(=O)c3ccc(=O)n(Cc4ccccc4Cl)c3)cc2)n1. The molecular formula is C25H22ClN3O3. The molecule has 4 aromatic rings. The van der Waals surface area contributed by atoms with E-state index in [-0.39, 0.29) is 18.7 Å². The zero-order chi connectivity index (χ0) is 22.7. The van der Waals surface area contributed by atoms with Gasteiger partial charge in [-0.3, -0.25) is 4.79 Å². The van der Waals surface area contributed by atoms with Crippen molar-refractivity contribution in [2.75, 3.05) is 0 Å². The van der Waals surface area contributed by atoms with Crippen molar-refractivity contribution in [3.8, 4) is 5.69 Å². The lowest BCUT2D eigenvalue weighted by molar-refractivity contribution is 0.0471. The number of rotatable bonds is 6. The molecule has 0 spiro atoms. The smallest absolute Gasteiger partial charge is 0.339 e. The number of aromatic nitrogens is 3. The molecule has 7 heteroatoms. The van der Waals surface area contributed by atoms with Crippen LogP contribution in [0.5, 0.6) is 0 Å². The first kappa shape index (κ1) is 21.6. The molecule has 2 aromatic carbocycles. The van der Waals surface area contributed by atoms with Crippen molar-refractivity contribution in [1.29, 1.82) is 0 Å². The van der Waals surface area contributed by atoms with Gasteiger partial charge in [-0.15, -0.1) is 0 Å². The number of carbonyl (C=O) groups is 1.